The molecule has 1 aliphatic rings. The van der Waals surface area contributed by atoms with E-state index < -0.39 is 0 Å². The van der Waals surface area contributed by atoms with E-state index in [1.807, 2.05) is 36.4 Å². The Morgan fingerprint density at radius 1 is 0.939 bits per heavy atom. The number of hydrogen-bond donors (Lipinski definition) is 0. The molecule has 8 nitrogen and oxygen atoms in total. The normalized spacial score (nSPS) is 13.5. The number of ether oxygens (including phenoxy) is 2. The van der Waals surface area contributed by atoms with E-state index in [0.717, 1.165) is 17.1 Å². The first kappa shape index (κ1) is 22.3. The van der Waals surface area contributed by atoms with Crippen LogP contribution in [0.1, 0.15) is 17.3 Å². The van der Waals surface area contributed by atoms with Crippen LogP contribution in [0.4, 0.5) is 5.82 Å². The lowest BCUT2D eigenvalue weighted by molar-refractivity contribution is -0.133. The number of aromatic nitrogens is 2. The summed E-state index contributed by atoms with van der Waals surface area (Å²) in [7, 11) is 1.50. The molecule has 1 amide bonds. The molecule has 170 valence electrons. The van der Waals surface area contributed by atoms with Gasteiger partial charge in [-0.3, -0.25) is 9.59 Å². The summed E-state index contributed by atoms with van der Waals surface area (Å²) in [5, 5.41) is 0. The summed E-state index contributed by atoms with van der Waals surface area (Å²) in [6, 6.07) is 16.9. The van der Waals surface area contributed by atoms with Gasteiger partial charge in [0, 0.05) is 43.4 Å². The van der Waals surface area contributed by atoms with Crippen LogP contribution in [0.2, 0.25) is 0 Å². The maximum absolute atomic E-state index is 12.7. The molecule has 2 heterocycles. The van der Waals surface area contributed by atoms with Crippen LogP contribution in [0.3, 0.4) is 0 Å². The molecule has 3 aromatic rings. The molecule has 0 radical (unpaired) electrons. The van der Waals surface area contributed by atoms with E-state index in [0.29, 0.717) is 43.2 Å². The first-order valence-corrected chi connectivity index (χ1v) is 10.8. The third-order valence-corrected chi connectivity index (χ3v) is 5.60. The number of rotatable bonds is 7. The molecular weight excluding hydrogens is 420 g/mol. The smallest absolute Gasteiger partial charge is 0.260 e. The summed E-state index contributed by atoms with van der Waals surface area (Å²) in [5.41, 5.74) is 2.44. The van der Waals surface area contributed by atoms with Crippen LogP contribution < -0.4 is 14.4 Å². The molecule has 4 rings (SSSR count). The van der Waals surface area contributed by atoms with Crippen LogP contribution in [0.5, 0.6) is 11.5 Å². The highest BCUT2D eigenvalue weighted by molar-refractivity contribution is 5.94. The topological polar surface area (TPSA) is 84.9 Å². The minimum Gasteiger partial charge on any atom is -0.493 e. The minimum absolute atomic E-state index is 0.0617. The molecule has 0 bridgehead atoms. The van der Waals surface area contributed by atoms with Gasteiger partial charge in [-0.2, -0.15) is 0 Å². The predicted octanol–water partition coefficient (Wildman–Crippen LogP) is 3.08. The van der Waals surface area contributed by atoms with E-state index in [1.54, 1.807) is 29.4 Å². The molecular formula is C25H26N4O4. The molecule has 1 saturated heterocycles. The number of ketones is 1. The fourth-order valence-electron chi connectivity index (χ4n) is 3.71. The van der Waals surface area contributed by atoms with Gasteiger partial charge in [-0.05, 0) is 25.1 Å². The van der Waals surface area contributed by atoms with Crippen LogP contribution in [0.25, 0.3) is 11.3 Å². The number of amides is 1. The molecule has 33 heavy (non-hydrogen) atoms. The maximum Gasteiger partial charge on any atom is 0.260 e. The number of Topliss-reactive ketones (excluding diaryl/α,β-unsaturated/α-hetero) is 1. The summed E-state index contributed by atoms with van der Waals surface area (Å²) in [6.45, 7) is 3.89. The van der Waals surface area contributed by atoms with E-state index in [4.69, 9.17) is 9.47 Å². The number of nitrogens with zero attached hydrogens (tertiary/aromatic N) is 4. The van der Waals surface area contributed by atoms with Crippen molar-refractivity contribution in [1.29, 1.82) is 0 Å². The molecule has 0 atom stereocenters. The third kappa shape index (κ3) is 5.28. The molecule has 0 spiro atoms. The van der Waals surface area contributed by atoms with Crippen LogP contribution in [0.15, 0.2) is 60.9 Å². The quantitative estimate of drug-likeness (QED) is 0.516. The lowest BCUT2D eigenvalue weighted by Gasteiger charge is -2.35. The van der Waals surface area contributed by atoms with Gasteiger partial charge in [0.2, 0.25) is 0 Å². The zero-order chi connectivity index (χ0) is 23.2. The van der Waals surface area contributed by atoms with Gasteiger partial charge < -0.3 is 19.3 Å². The van der Waals surface area contributed by atoms with Crippen molar-refractivity contribution >= 4 is 17.5 Å². The van der Waals surface area contributed by atoms with Crippen molar-refractivity contribution in [2.45, 2.75) is 6.92 Å². The lowest BCUT2D eigenvalue weighted by Crippen LogP contribution is -2.50. The van der Waals surface area contributed by atoms with E-state index in [9.17, 15) is 9.59 Å². The van der Waals surface area contributed by atoms with Crippen molar-refractivity contribution in [3.63, 3.8) is 0 Å². The third-order valence-electron chi connectivity index (χ3n) is 5.60. The molecule has 2 aromatic carbocycles. The van der Waals surface area contributed by atoms with Crippen LogP contribution in [0, 0.1) is 0 Å². The SMILES string of the molecule is COc1cc(C(C)=O)ccc1OCC(=O)N1CCN(c2cc(-c3ccccc3)ncn2)CC1. The van der Waals surface area contributed by atoms with Crippen LogP contribution in [-0.4, -0.2) is 66.5 Å². The number of anilines is 1. The Hall–Kier alpha value is -3.94. The fraction of sp³-hybridized carbons (Fsp3) is 0.280. The molecule has 1 aliphatic heterocycles. The van der Waals surface area contributed by atoms with Gasteiger partial charge in [0.05, 0.1) is 12.8 Å². The van der Waals surface area contributed by atoms with Gasteiger partial charge in [-0.1, -0.05) is 30.3 Å². The number of carbonyl (C=O) groups is 2. The predicted molar refractivity (Wildman–Crippen MR) is 125 cm³/mol. The number of methoxy groups -OCH3 is 1. The van der Waals surface area contributed by atoms with E-state index in [2.05, 4.69) is 14.9 Å². The average molecular weight is 447 g/mol. The van der Waals surface area contributed by atoms with Gasteiger partial charge in [0.15, 0.2) is 23.9 Å². The van der Waals surface area contributed by atoms with Crippen LogP contribution in [-0.2, 0) is 4.79 Å². The highest BCUT2D eigenvalue weighted by Crippen LogP contribution is 2.28. The molecule has 0 N–H and O–H groups in total. The Bertz CT molecular complexity index is 1130. The molecule has 0 unspecified atom stereocenters. The largest absolute Gasteiger partial charge is 0.493 e. The van der Waals surface area contributed by atoms with Gasteiger partial charge >= 0.3 is 0 Å². The van der Waals surface area contributed by atoms with Gasteiger partial charge in [-0.25, -0.2) is 9.97 Å². The Kier molecular flexibility index (Phi) is 6.83. The second-order valence-corrected chi connectivity index (χ2v) is 7.71. The number of hydrogen-bond acceptors (Lipinski definition) is 7. The average Bonchev–Trinajstić information content (AvgIpc) is 2.87. The number of benzene rings is 2. The zero-order valence-electron chi connectivity index (χ0n) is 18.7. The molecule has 0 aliphatic carbocycles. The first-order chi connectivity index (χ1) is 16.0. The number of carbonyl (C=O) groups excluding carboxylic acids is 2. The van der Waals surface area contributed by atoms with Gasteiger partial charge in [-0.15, -0.1) is 0 Å². The second kappa shape index (κ2) is 10.1. The molecule has 1 fully saturated rings. The molecule has 1 aromatic heterocycles. The van der Waals surface area contributed by atoms with Crippen molar-refractivity contribution in [2.24, 2.45) is 0 Å². The Morgan fingerprint density at radius 3 is 2.39 bits per heavy atom. The summed E-state index contributed by atoms with van der Waals surface area (Å²) in [5.74, 6) is 1.55. The standard InChI is InChI=1S/C25H26N4O4/c1-18(30)20-8-9-22(23(14-20)32-2)33-16-25(31)29-12-10-28(11-13-29)24-15-21(26-17-27-24)19-6-4-3-5-7-19/h3-9,14-15,17H,10-13,16H2,1-2H3. The van der Waals surface area contributed by atoms with Crippen LogP contribution >= 0.6 is 0 Å². The van der Waals surface area contributed by atoms with E-state index in [-0.39, 0.29) is 18.3 Å². The van der Waals surface area contributed by atoms with Gasteiger partial charge in [0.25, 0.3) is 5.91 Å². The zero-order valence-corrected chi connectivity index (χ0v) is 18.7. The second-order valence-electron chi connectivity index (χ2n) is 7.71. The first-order valence-electron chi connectivity index (χ1n) is 10.8. The Balaban J connectivity index is 1.33. The summed E-state index contributed by atoms with van der Waals surface area (Å²) < 4.78 is 11.0. The van der Waals surface area contributed by atoms with E-state index in [1.165, 1.54) is 14.0 Å². The Labute approximate surface area is 192 Å². The summed E-state index contributed by atoms with van der Waals surface area (Å²) in [6.07, 6.45) is 1.58. The summed E-state index contributed by atoms with van der Waals surface area (Å²) >= 11 is 0. The Morgan fingerprint density at radius 2 is 1.70 bits per heavy atom. The molecule has 8 heteroatoms. The van der Waals surface area contributed by atoms with Crippen molar-refractivity contribution in [2.75, 3.05) is 44.8 Å². The van der Waals surface area contributed by atoms with E-state index >= 15 is 0 Å². The minimum atomic E-state index is -0.0972. The van der Waals surface area contributed by atoms with Gasteiger partial charge in [0.1, 0.15) is 12.1 Å². The number of piperazine rings is 1. The van der Waals surface area contributed by atoms with Crippen molar-refractivity contribution in [3.8, 4) is 22.8 Å². The monoisotopic (exact) mass is 446 g/mol. The lowest BCUT2D eigenvalue weighted by atomic mass is 10.1. The highest BCUT2D eigenvalue weighted by atomic mass is 16.5. The maximum atomic E-state index is 12.7. The molecule has 0 saturated carbocycles. The fourth-order valence-corrected chi connectivity index (χ4v) is 3.71. The van der Waals surface area contributed by atoms with Crippen molar-refractivity contribution in [1.82, 2.24) is 14.9 Å². The van der Waals surface area contributed by atoms with Crippen molar-refractivity contribution < 1.29 is 19.1 Å². The highest BCUT2D eigenvalue weighted by Gasteiger charge is 2.23. The van der Waals surface area contributed by atoms with Crippen molar-refractivity contribution in [3.05, 3.63) is 66.5 Å². The summed E-state index contributed by atoms with van der Waals surface area (Å²) in [4.78, 5) is 37.0.